The Balaban J connectivity index is 1.95. The molecule has 2 rings (SSSR count). The molecular weight excluding hydrogens is 200 g/mol. The van der Waals surface area contributed by atoms with Gasteiger partial charge < -0.3 is 10.8 Å². The first kappa shape index (κ1) is 12.3. The molecule has 3 nitrogen and oxygen atoms in total. The van der Waals surface area contributed by atoms with Crippen LogP contribution in [0.3, 0.4) is 0 Å². The van der Waals surface area contributed by atoms with Crippen LogP contribution in [0.5, 0.6) is 0 Å². The van der Waals surface area contributed by atoms with Crippen molar-refractivity contribution < 1.29 is 5.11 Å². The van der Waals surface area contributed by atoms with Gasteiger partial charge in [0.15, 0.2) is 0 Å². The number of hydrogen-bond donors (Lipinski definition) is 2. The van der Waals surface area contributed by atoms with Crippen LogP contribution in [0.1, 0.15) is 39.0 Å². The maximum absolute atomic E-state index is 9.96. The van der Waals surface area contributed by atoms with Gasteiger partial charge in [0, 0.05) is 12.6 Å². The molecule has 16 heavy (non-hydrogen) atoms. The number of aliphatic hydroxyl groups is 1. The molecule has 0 aromatic carbocycles. The Labute approximate surface area is 99.0 Å². The van der Waals surface area contributed by atoms with E-state index in [1.165, 1.54) is 25.7 Å². The Morgan fingerprint density at radius 2 is 2.00 bits per heavy atom. The van der Waals surface area contributed by atoms with Crippen molar-refractivity contribution in [2.45, 2.75) is 51.2 Å². The van der Waals surface area contributed by atoms with Gasteiger partial charge >= 0.3 is 0 Å². The summed E-state index contributed by atoms with van der Waals surface area (Å²) in [4.78, 5) is 2.50. The predicted molar refractivity (Wildman–Crippen MR) is 66.2 cm³/mol. The Kier molecular flexibility index (Phi) is 4.22. The highest BCUT2D eigenvalue weighted by atomic mass is 16.3. The lowest BCUT2D eigenvalue weighted by Crippen LogP contribution is -2.52. The number of likely N-dealkylation sites (tertiary alicyclic amines) is 1. The highest BCUT2D eigenvalue weighted by Crippen LogP contribution is 2.30. The number of rotatable bonds is 2. The number of piperidine rings is 1. The molecule has 94 valence electrons. The average Bonchev–Trinajstić information content (AvgIpc) is 2.32. The monoisotopic (exact) mass is 226 g/mol. The second-order valence-corrected chi connectivity index (χ2v) is 5.68. The van der Waals surface area contributed by atoms with Crippen molar-refractivity contribution in [3.63, 3.8) is 0 Å². The molecule has 0 spiro atoms. The summed E-state index contributed by atoms with van der Waals surface area (Å²) in [6, 6.07) is 0.640. The first-order valence-electron chi connectivity index (χ1n) is 6.84. The Morgan fingerprint density at radius 3 is 2.69 bits per heavy atom. The molecule has 4 unspecified atom stereocenters. The van der Waals surface area contributed by atoms with Crippen LogP contribution in [0.25, 0.3) is 0 Å². The van der Waals surface area contributed by atoms with Crippen molar-refractivity contribution in [3.05, 3.63) is 0 Å². The minimum atomic E-state index is -0.130. The van der Waals surface area contributed by atoms with Crippen molar-refractivity contribution in [1.29, 1.82) is 0 Å². The van der Waals surface area contributed by atoms with Gasteiger partial charge in [0.25, 0.3) is 0 Å². The third-order valence-corrected chi connectivity index (χ3v) is 4.59. The molecule has 0 aromatic heterocycles. The van der Waals surface area contributed by atoms with Crippen LogP contribution in [-0.4, -0.2) is 41.8 Å². The topological polar surface area (TPSA) is 49.5 Å². The van der Waals surface area contributed by atoms with Gasteiger partial charge in [-0.15, -0.1) is 0 Å². The average molecular weight is 226 g/mol. The minimum absolute atomic E-state index is 0.130. The van der Waals surface area contributed by atoms with Gasteiger partial charge in [-0.2, -0.15) is 0 Å². The molecule has 0 radical (unpaired) electrons. The van der Waals surface area contributed by atoms with E-state index in [2.05, 4.69) is 11.8 Å². The first-order valence-corrected chi connectivity index (χ1v) is 6.84. The summed E-state index contributed by atoms with van der Waals surface area (Å²) in [6.45, 7) is 4.98. The molecular formula is C13H26N2O. The molecule has 4 atom stereocenters. The third kappa shape index (κ3) is 2.58. The van der Waals surface area contributed by atoms with Crippen LogP contribution in [0.15, 0.2) is 0 Å². The highest BCUT2D eigenvalue weighted by Gasteiger charge is 2.33. The molecule has 1 heterocycles. The van der Waals surface area contributed by atoms with Crippen LogP contribution in [-0.2, 0) is 0 Å². The lowest BCUT2D eigenvalue weighted by molar-refractivity contribution is -0.0108. The molecule has 1 saturated heterocycles. The number of β-amino-alcohol motifs (C(OH)–C–C–N with tert-alkyl or cyclic N) is 1. The Bertz CT molecular complexity index is 222. The third-order valence-electron chi connectivity index (χ3n) is 4.59. The zero-order valence-corrected chi connectivity index (χ0v) is 10.4. The highest BCUT2D eigenvalue weighted by molar-refractivity contribution is 4.88. The van der Waals surface area contributed by atoms with E-state index < -0.39 is 0 Å². The molecule has 1 aliphatic carbocycles. The van der Waals surface area contributed by atoms with E-state index in [9.17, 15) is 5.11 Å². The van der Waals surface area contributed by atoms with Crippen molar-refractivity contribution in [3.8, 4) is 0 Å². The number of hydrogen-bond acceptors (Lipinski definition) is 3. The number of nitrogens with two attached hydrogens (primary N) is 1. The van der Waals surface area contributed by atoms with E-state index in [4.69, 9.17) is 5.73 Å². The zero-order chi connectivity index (χ0) is 11.5. The van der Waals surface area contributed by atoms with E-state index in [0.717, 1.165) is 26.1 Å². The second kappa shape index (κ2) is 5.48. The number of nitrogens with zero attached hydrogens (tertiary/aromatic N) is 1. The summed E-state index contributed by atoms with van der Waals surface area (Å²) in [5, 5.41) is 9.96. The summed E-state index contributed by atoms with van der Waals surface area (Å²) < 4.78 is 0. The summed E-state index contributed by atoms with van der Waals surface area (Å²) in [6.07, 6.45) is 6.24. The molecule has 0 aromatic rings. The van der Waals surface area contributed by atoms with E-state index in [1.54, 1.807) is 0 Å². The summed E-state index contributed by atoms with van der Waals surface area (Å²) in [5.41, 5.74) is 5.87. The molecule has 0 amide bonds. The van der Waals surface area contributed by atoms with Crippen molar-refractivity contribution in [2.75, 3.05) is 19.6 Å². The fourth-order valence-electron chi connectivity index (χ4n) is 3.32. The quantitative estimate of drug-likeness (QED) is 0.744. The van der Waals surface area contributed by atoms with E-state index >= 15 is 0 Å². The predicted octanol–water partition coefficient (Wildman–Crippen LogP) is 1.21. The second-order valence-electron chi connectivity index (χ2n) is 5.68. The van der Waals surface area contributed by atoms with E-state index in [1.807, 2.05) is 0 Å². The van der Waals surface area contributed by atoms with Crippen LogP contribution >= 0.6 is 0 Å². The van der Waals surface area contributed by atoms with Crippen molar-refractivity contribution >= 4 is 0 Å². The van der Waals surface area contributed by atoms with E-state index in [-0.39, 0.29) is 6.10 Å². The largest absolute Gasteiger partial charge is 0.392 e. The molecule has 3 N–H and O–H groups in total. The lowest BCUT2D eigenvalue weighted by Gasteiger charge is -2.44. The molecule has 1 aliphatic heterocycles. The summed E-state index contributed by atoms with van der Waals surface area (Å²) in [7, 11) is 0. The van der Waals surface area contributed by atoms with Gasteiger partial charge in [-0.05, 0) is 44.2 Å². The van der Waals surface area contributed by atoms with Crippen LogP contribution < -0.4 is 5.73 Å². The normalized spacial score (nSPS) is 42.2. The zero-order valence-electron chi connectivity index (χ0n) is 10.4. The standard InChI is InChI=1S/C13H26N2O/c1-10-6-7-15(9-13(10)16)12-5-3-2-4-11(12)8-14/h10-13,16H,2-9,14H2,1H3. The smallest absolute Gasteiger partial charge is 0.0693 e. The summed E-state index contributed by atoms with van der Waals surface area (Å²) in [5.74, 6) is 1.13. The van der Waals surface area contributed by atoms with Gasteiger partial charge in [-0.3, -0.25) is 4.90 Å². The fraction of sp³-hybridized carbons (Fsp3) is 1.00. The summed E-state index contributed by atoms with van der Waals surface area (Å²) >= 11 is 0. The lowest BCUT2D eigenvalue weighted by atomic mass is 9.82. The van der Waals surface area contributed by atoms with E-state index in [0.29, 0.717) is 17.9 Å². The van der Waals surface area contributed by atoms with Gasteiger partial charge in [0.1, 0.15) is 0 Å². The molecule has 2 fully saturated rings. The maximum atomic E-state index is 9.96. The molecule has 0 bridgehead atoms. The SMILES string of the molecule is CC1CCN(C2CCCCC2CN)CC1O. The van der Waals surface area contributed by atoms with Gasteiger partial charge in [0.05, 0.1) is 6.10 Å². The first-order chi connectivity index (χ1) is 7.72. The van der Waals surface area contributed by atoms with Crippen LogP contribution in [0, 0.1) is 11.8 Å². The molecule has 3 heteroatoms. The Morgan fingerprint density at radius 1 is 1.25 bits per heavy atom. The number of aliphatic hydroxyl groups excluding tert-OH is 1. The molecule has 2 aliphatic rings. The van der Waals surface area contributed by atoms with Crippen LogP contribution in [0.2, 0.25) is 0 Å². The Hall–Kier alpha value is -0.120. The maximum Gasteiger partial charge on any atom is 0.0693 e. The van der Waals surface area contributed by atoms with Crippen molar-refractivity contribution in [1.82, 2.24) is 4.90 Å². The van der Waals surface area contributed by atoms with Gasteiger partial charge in [-0.25, -0.2) is 0 Å². The van der Waals surface area contributed by atoms with Crippen molar-refractivity contribution in [2.24, 2.45) is 17.6 Å². The fourth-order valence-corrected chi connectivity index (χ4v) is 3.32. The molecule has 1 saturated carbocycles. The minimum Gasteiger partial charge on any atom is -0.392 e. The van der Waals surface area contributed by atoms with Gasteiger partial charge in [-0.1, -0.05) is 19.8 Å². The van der Waals surface area contributed by atoms with Crippen LogP contribution in [0.4, 0.5) is 0 Å². The van der Waals surface area contributed by atoms with Gasteiger partial charge in [0.2, 0.25) is 0 Å².